The first-order chi connectivity index (χ1) is 6.56. The summed E-state index contributed by atoms with van der Waals surface area (Å²) in [6.45, 7) is 7.52. The fourth-order valence-electron chi connectivity index (χ4n) is 1.38. The van der Waals surface area contributed by atoms with E-state index in [2.05, 4.69) is 5.32 Å². The van der Waals surface area contributed by atoms with Crippen molar-refractivity contribution in [2.24, 2.45) is 5.92 Å². The average Bonchev–Trinajstić information content (AvgIpc) is 2.18. The van der Waals surface area contributed by atoms with Gasteiger partial charge in [0.1, 0.15) is 0 Å². The minimum atomic E-state index is -0.340. The number of hydrogen-bond acceptors (Lipinski definition) is 2. The van der Waals surface area contributed by atoms with E-state index in [0.29, 0.717) is 6.42 Å². The van der Waals surface area contributed by atoms with Crippen LogP contribution in [-0.2, 0) is 9.59 Å². The maximum absolute atomic E-state index is 11.6. The van der Waals surface area contributed by atoms with E-state index in [1.165, 1.54) is 0 Å². The Balaban J connectivity index is 4.10. The normalized spacial score (nSPS) is 12.6. The number of nitrogens with one attached hydrogen (secondary N) is 1. The van der Waals surface area contributed by atoms with Crippen LogP contribution < -0.4 is 5.32 Å². The topological polar surface area (TPSA) is 46.2 Å². The predicted molar refractivity (Wildman–Crippen MR) is 57.0 cm³/mol. The Kier molecular flexibility index (Phi) is 6.17. The zero-order valence-corrected chi connectivity index (χ0v) is 9.59. The molecule has 1 N–H and O–H groups in total. The maximum Gasteiger partial charge on any atom is 0.223 e. The van der Waals surface area contributed by atoms with Crippen molar-refractivity contribution in [3.8, 4) is 0 Å². The Labute approximate surface area is 86.3 Å². The van der Waals surface area contributed by atoms with Crippen molar-refractivity contribution in [3.63, 3.8) is 0 Å². The summed E-state index contributed by atoms with van der Waals surface area (Å²) in [5.41, 5.74) is 0. The van der Waals surface area contributed by atoms with Crippen molar-refractivity contribution in [1.29, 1.82) is 0 Å². The fraction of sp³-hybridized carbons (Fsp3) is 0.818. The molecule has 0 aliphatic heterocycles. The van der Waals surface area contributed by atoms with Crippen LogP contribution in [0, 0.1) is 5.92 Å². The van der Waals surface area contributed by atoms with Gasteiger partial charge in [-0.3, -0.25) is 9.59 Å². The molecule has 14 heavy (non-hydrogen) atoms. The molecule has 3 heteroatoms. The summed E-state index contributed by atoms with van der Waals surface area (Å²) >= 11 is 0. The largest absolute Gasteiger partial charge is 0.346 e. The lowest BCUT2D eigenvalue weighted by molar-refractivity contribution is -0.130. The smallest absolute Gasteiger partial charge is 0.223 e. The van der Waals surface area contributed by atoms with Crippen LogP contribution in [0.3, 0.4) is 0 Å². The van der Waals surface area contributed by atoms with E-state index in [0.717, 1.165) is 12.8 Å². The number of carbonyl (C=O) groups is 2. The van der Waals surface area contributed by atoms with Gasteiger partial charge in [0.05, 0.1) is 6.04 Å². The van der Waals surface area contributed by atoms with E-state index in [1.54, 1.807) is 6.92 Å². The highest BCUT2D eigenvalue weighted by Gasteiger charge is 2.18. The van der Waals surface area contributed by atoms with Gasteiger partial charge in [-0.25, -0.2) is 0 Å². The monoisotopic (exact) mass is 199 g/mol. The second-order valence-corrected chi connectivity index (χ2v) is 3.56. The average molecular weight is 199 g/mol. The molecule has 0 fully saturated rings. The summed E-state index contributed by atoms with van der Waals surface area (Å²) in [7, 11) is 0. The number of carbonyl (C=O) groups excluding carboxylic acids is 2. The third-order valence-corrected chi connectivity index (χ3v) is 2.55. The Morgan fingerprint density at radius 1 is 1.14 bits per heavy atom. The Morgan fingerprint density at radius 3 is 2.00 bits per heavy atom. The van der Waals surface area contributed by atoms with Gasteiger partial charge in [0.15, 0.2) is 5.78 Å². The third-order valence-electron chi connectivity index (χ3n) is 2.55. The molecule has 0 saturated heterocycles. The summed E-state index contributed by atoms with van der Waals surface area (Å²) in [6.07, 6.45) is 2.13. The van der Waals surface area contributed by atoms with Crippen LogP contribution >= 0.6 is 0 Å². The zero-order valence-electron chi connectivity index (χ0n) is 9.59. The van der Waals surface area contributed by atoms with Gasteiger partial charge in [-0.1, -0.05) is 20.8 Å². The first-order valence-corrected chi connectivity index (χ1v) is 5.39. The molecule has 82 valence electrons. The van der Waals surface area contributed by atoms with Crippen molar-refractivity contribution in [2.45, 2.75) is 53.0 Å². The minimum Gasteiger partial charge on any atom is -0.346 e. The van der Waals surface area contributed by atoms with Crippen LogP contribution in [0.2, 0.25) is 0 Å². The molecule has 0 radical (unpaired) electrons. The molecule has 0 heterocycles. The highest BCUT2D eigenvalue weighted by Crippen LogP contribution is 2.07. The Bertz CT molecular complexity index is 197. The summed E-state index contributed by atoms with van der Waals surface area (Å²) < 4.78 is 0. The highest BCUT2D eigenvalue weighted by atomic mass is 16.2. The van der Waals surface area contributed by atoms with Crippen molar-refractivity contribution >= 4 is 11.7 Å². The molecule has 0 aliphatic rings. The lowest BCUT2D eigenvalue weighted by Crippen LogP contribution is -2.41. The van der Waals surface area contributed by atoms with Crippen LogP contribution in [0.5, 0.6) is 0 Å². The van der Waals surface area contributed by atoms with Gasteiger partial charge in [-0.15, -0.1) is 0 Å². The lowest BCUT2D eigenvalue weighted by atomic mass is 10.0. The molecule has 1 atom stereocenters. The van der Waals surface area contributed by atoms with Gasteiger partial charge in [-0.2, -0.15) is 0 Å². The molecule has 0 aromatic rings. The summed E-state index contributed by atoms with van der Waals surface area (Å²) in [5, 5.41) is 2.74. The molecule has 0 aromatic heterocycles. The molecule has 0 bridgehead atoms. The minimum absolute atomic E-state index is 0.00398. The number of rotatable bonds is 6. The van der Waals surface area contributed by atoms with Gasteiger partial charge >= 0.3 is 0 Å². The van der Waals surface area contributed by atoms with Gasteiger partial charge in [0, 0.05) is 12.3 Å². The van der Waals surface area contributed by atoms with E-state index < -0.39 is 0 Å². The van der Waals surface area contributed by atoms with Crippen LogP contribution in [0.25, 0.3) is 0 Å². The van der Waals surface area contributed by atoms with Gasteiger partial charge in [-0.05, 0) is 19.8 Å². The molecule has 1 amide bonds. The highest BCUT2D eigenvalue weighted by molar-refractivity contribution is 5.89. The van der Waals surface area contributed by atoms with E-state index in [1.807, 2.05) is 20.8 Å². The first kappa shape index (κ1) is 13.1. The Morgan fingerprint density at radius 2 is 1.64 bits per heavy atom. The number of hydrogen-bond donors (Lipinski definition) is 1. The second kappa shape index (κ2) is 6.57. The maximum atomic E-state index is 11.6. The molecule has 0 spiro atoms. The van der Waals surface area contributed by atoms with Gasteiger partial charge < -0.3 is 5.32 Å². The zero-order chi connectivity index (χ0) is 11.1. The van der Waals surface area contributed by atoms with E-state index in [4.69, 9.17) is 0 Å². The molecule has 0 rings (SSSR count). The van der Waals surface area contributed by atoms with Gasteiger partial charge in [0.25, 0.3) is 0 Å². The van der Waals surface area contributed by atoms with Crippen LogP contribution in [0.1, 0.15) is 47.0 Å². The predicted octanol–water partition coefficient (Wildman–Crippen LogP) is 1.91. The third kappa shape index (κ3) is 3.90. The van der Waals surface area contributed by atoms with Gasteiger partial charge in [0.2, 0.25) is 5.91 Å². The van der Waals surface area contributed by atoms with Crippen molar-refractivity contribution in [1.82, 2.24) is 5.32 Å². The SMILES string of the molecule is CCC(=O)C(C)NC(=O)C(CC)CC. The summed E-state index contributed by atoms with van der Waals surface area (Å²) in [5.74, 6) is 0.135. The lowest BCUT2D eigenvalue weighted by Gasteiger charge is -2.16. The van der Waals surface area contributed by atoms with Crippen LogP contribution in [0.15, 0.2) is 0 Å². The van der Waals surface area contributed by atoms with Crippen molar-refractivity contribution < 1.29 is 9.59 Å². The van der Waals surface area contributed by atoms with Crippen LogP contribution in [-0.4, -0.2) is 17.7 Å². The van der Waals surface area contributed by atoms with Crippen LogP contribution in [0.4, 0.5) is 0 Å². The molecule has 3 nitrogen and oxygen atoms in total. The summed E-state index contributed by atoms with van der Waals surface area (Å²) in [6, 6.07) is -0.340. The standard InChI is InChI=1S/C11H21NO2/c1-5-9(6-2)11(14)12-8(4)10(13)7-3/h8-9H,5-7H2,1-4H3,(H,12,14). The summed E-state index contributed by atoms with van der Waals surface area (Å²) in [4.78, 5) is 22.8. The number of amides is 1. The molecular formula is C11H21NO2. The van der Waals surface area contributed by atoms with Crippen molar-refractivity contribution in [2.75, 3.05) is 0 Å². The van der Waals surface area contributed by atoms with E-state index in [9.17, 15) is 9.59 Å². The molecule has 0 aromatic carbocycles. The molecule has 1 unspecified atom stereocenters. The number of ketones is 1. The Hall–Kier alpha value is -0.860. The van der Waals surface area contributed by atoms with Crippen molar-refractivity contribution in [3.05, 3.63) is 0 Å². The van der Waals surface area contributed by atoms with E-state index >= 15 is 0 Å². The second-order valence-electron chi connectivity index (χ2n) is 3.56. The van der Waals surface area contributed by atoms with E-state index in [-0.39, 0.29) is 23.7 Å². The quantitative estimate of drug-likeness (QED) is 0.710. The first-order valence-electron chi connectivity index (χ1n) is 5.39. The number of Topliss-reactive ketones (excluding diaryl/α,β-unsaturated/α-hetero) is 1. The molecule has 0 saturated carbocycles. The molecular weight excluding hydrogens is 178 g/mol. The molecule has 0 aliphatic carbocycles. The fourth-order valence-corrected chi connectivity index (χ4v) is 1.38.